The van der Waals surface area contributed by atoms with Gasteiger partial charge in [0.05, 0.1) is 11.1 Å². The molecule has 5 nitrogen and oxygen atoms in total. The molecule has 0 bridgehead atoms. The molecule has 2 aromatic heterocycles. The molecule has 0 radical (unpaired) electrons. The normalized spacial score (nSPS) is 15.3. The van der Waals surface area contributed by atoms with Gasteiger partial charge in [-0.1, -0.05) is 6.92 Å². The van der Waals surface area contributed by atoms with E-state index < -0.39 is 0 Å². The molecule has 7 heteroatoms. The van der Waals surface area contributed by atoms with Crippen molar-refractivity contribution in [1.82, 2.24) is 4.98 Å². The number of thiophene rings is 1. The Morgan fingerprint density at radius 3 is 2.66 bits per heavy atom. The number of pyridine rings is 1. The Hall–Kier alpha value is -2.35. The number of nitriles is 2. The van der Waals surface area contributed by atoms with Crippen LogP contribution < -0.4 is 5.32 Å². The fraction of sp³-hybridized carbons (Fsp3) is 0.455. The fourth-order valence-corrected chi connectivity index (χ4v) is 5.94. The van der Waals surface area contributed by atoms with Crippen molar-refractivity contribution in [3.63, 3.8) is 0 Å². The van der Waals surface area contributed by atoms with Gasteiger partial charge in [0.25, 0.3) is 0 Å². The van der Waals surface area contributed by atoms with E-state index in [1.165, 1.54) is 16.6 Å². The maximum absolute atomic E-state index is 12.5. The summed E-state index contributed by atoms with van der Waals surface area (Å²) >= 11 is 2.97. The van der Waals surface area contributed by atoms with Crippen LogP contribution in [0.4, 0.5) is 5.00 Å². The number of fused-ring (bicyclic) bond motifs is 1. The molecule has 1 unspecified atom stereocenters. The van der Waals surface area contributed by atoms with Crippen molar-refractivity contribution in [1.29, 1.82) is 10.5 Å². The van der Waals surface area contributed by atoms with Crippen molar-refractivity contribution in [3.05, 3.63) is 38.4 Å². The second-order valence-corrected chi connectivity index (χ2v) is 9.74. The molecule has 3 rings (SSSR count). The van der Waals surface area contributed by atoms with Crippen molar-refractivity contribution < 1.29 is 4.79 Å². The SMILES string of the molecule is Cc1nc(SCCC(=O)Nc2sc3c(c2C#N)CCC(C)C3)c(C#N)c(C)c1C. The van der Waals surface area contributed by atoms with Gasteiger partial charge in [0.15, 0.2) is 0 Å². The molecule has 29 heavy (non-hydrogen) atoms. The smallest absolute Gasteiger partial charge is 0.225 e. The first-order chi connectivity index (χ1) is 13.8. The van der Waals surface area contributed by atoms with Crippen LogP contribution in [-0.4, -0.2) is 16.6 Å². The van der Waals surface area contributed by atoms with Crippen LogP contribution in [0.25, 0.3) is 0 Å². The molecular weight excluding hydrogens is 400 g/mol. The molecule has 2 aromatic rings. The number of nitrogens with zero attached hydrogens (tertiary/aromatic N) is 3. The third-order valence-corrected chi connectivity index (χ3v) is 7.67. The highest BCUT2D eigenvalue weighted by atomic mass is 32.2. The number of rotatable bonds is 5. The van der Waals surface area contributed by atoms with Crippen LogP contribution in [0.15, 0.2) is 5.03 Å². The molecule has 1 N–H and O–H groups in total. The molecule has 1 amide bonds. The monoisotopic (exact) mass is 424 g/mol. The molecule has 0 aliphatic heterocycles. The first-order valence-corrected chi connectivity index (χ1v) is 11.5. The maximum Gasteiger partial charge on any atom is 0.225 e. The molecule has 1 aliphatic rings. The first kappa shape index (κ1) is 21.4. The van der Waals surface area contributed by atoms with Gasteiger partial charge in [-0.05, 0) is 62.6 Å². The Morgan fingerprint density at radius 2 is 1.97 bits per heavy atom. The Balaban J connectivity index is 1.65. The number of nitrogens with one attached hydrogen (secondary N) is 1. The van der Waals surface area contributed by atoms with Crippen LogP contribution in [0, 0.1) is 49.4 Å². The van der Waals surface area contributed by atoms with Crippen molar-refractivity contribution in [2.45, 2.75) is 58.4 Å². The average Bonchev–Trinajstić information content (AvgIpc) is 3.02. The fourth-order valence-electron chi connectivity index (χ4n) is 3.53. The third-order valence-electron chi connectivity index (χ3n) is 5.52. The molecule has 1 atom stereocenters. The summed E-state index contributed by atoms with van der Waals surface area (Å²) in [5.41, 5.74) is 5.23. The van der Waals surface area contributed by atoms with E-state index in [1.54, 1.807) is 11.3 Å². The van der Waals surface area contributed by atoms with Crippen LogP contribution in [0.1, 0.15) is 58.2 Å². The number of thioether (sulfide) groups is 1. The molecule has 0 spiro atoms. The first-order valence-electron chi connectivity index (χ1n) is 9.70. The summed E-state index contributed by atoms with van der Waals surface area (Å²) in [6, 6.07) is 4.52. The predicted octanol–water partition coefficient (Wildman–Crippen LogP) is 5.06. The highest BCUT2D eigenvalue weighted by Crippen LogP contribution is 2.39. The van der Waals surface area contributed by atoms with Gasteiger partial charge in [-0.25, -0.2) is 4.98 Å². The standard InChI is InChI=1S/C22H24N4OS2/c1-12-5-6-16-18(11-24)22(29-19(16)9-12)26-20(27)7-8-28-21-17(10-23)14(3)13(2)15(4)25-21/h12H,5-9H2,1-4H3,(H,26,27). The van der Waals surface area contributed by atoms with Crippen LogP contribution in [0.3, 0.4) is 0 Å². The van der Waals surface area contributed by atoms with Crippen LogP contribution in [0.2, 0.25) is 0 Å². The number of amides is 1. The van der Waals surface area contributed by atoms with Crippen LogP contribution >= 0.6 is 23.1 Å². The lowest BCUT2D eigenvalue weighted by molar-refractivity contribution is -0.115. The van der Waals surface area contributed by atoms with Crippen LogP contribution in [0.5, 0.6) is 0 Å². The van der Waals surface area contributed by atoms with Gasteiger partial charge < -0.3 is 5.32 Å². The number of hydrogen-bond acceptors (Lipinski definition) is 6. The van der Waals surface area contributed by atoms with E-state index in [-0.39, 0.29) is 5.91 Å². The van der Waals surface area contributed by atoms with E-state index in [9.17, 15) is 15.3 Å². The summed E-state index contributed by atoms with van der Waals surface area (Å²) in [4.78, 5) is 18.2. The van der Waals surface area contributed by atoms with E-state index in [4.69, 9.17) is 0 Å². The summed E-state index contributed by atoms with van der Waals surface area (Å²) in [5, 5.41) is 23.3. The molecular formula is C22H24N4OS2. The zero-order valence-corrected chi connectivity index (χ0v) is 18.8. The van der Waals surface area contributed by atoms with Gasteiger partial charge in [-0.2, -0.15) is 10.5 Å². The van der Waals surface area contributed by atoms with E-state index in [1.807, 2.05) is 20.8 Å². The maximum atomic E-state index is 12.5. The van der Waals surface area contributed by atoms with Crippen molar-refractivity contribution in [2.24, 2.45) is 5.92 Å². The minimum absolute atomic E-state index is 0.111. The Labute approximate surface area is 180 Å². The van der Waals surface area contributed by atoms with Crippen LogP contribution in [-0.2, 0) is 17.6 Å². The van der Waals surface area contributed by atoms with E-state index >= 15 is 0 Å². The molecule has 0 aromatic carbocycles. The molecule has 2 heterocycles. The van der Waals surface area contributed by atoms with Gasteiger partial charge in [0.2, 0.25) is 5.91 Å². The van der Waals surface area contributed by atoms with Gasteiger partial charge in [0, 0.05) is 22.7 Å². The molecule has 0 fully saturated rings. The number of hydrogen-bond donors (Lipinski definition) is 1. The lowest BCUT2D eigenvalue weighted by Gasteiger charge is -2.17. The summed E-state index contributed by atoms with van der Waals surface area (Å²) in [6.45, 7) is 8.06. The van der Waals surface area contributed by atoms with Gasteiger partial charge in [-0.3, -0.25) is 4.79 Å². The number of aryl methyl sites for hydroxylation is 1. The second kappa shape index (κ2) is 8.98. The van der Waals surface area contributed by atoms with Gasteiger partial charge in [0.1, 0.15) is 22.2 Å². The summed E-state index contributed by atoms with van der Waals surface area (Å²) in [5.74, 6) is 1.04. The quantitative estimate of drug-likeness (QED) is 0.678. The number of anilines is 1. The predicted molar refractivity (Wildman–Crippen MR) is 117 cm³/mol. The zero-order valence-electron chi connectivity index (χ0n) is 17.2. The molecule has 1 aliphatic carbocycles. The summed E-state index contributed by atoms with van der Waals surface area (Å²) < 4.78 is 0. The number of carbonyl (C=O) groups is 1. The van der Waals surface area contributed by atoms with Crippen molar-refractivity contribution in [2.75, 3.05) is 11.1 Å². The zero-order chi connectivity index (χ0) is 21.1. The summed E-state index contributed by atoms with van der Waals surface area (Å²) in [7, 11) is 0. The third kappa shape index (κ3) is 4.47. The topological polar surface area (TPSA) is 89.6 Å². The minimum Gasteiger partial charge on any atom is -0.317 e. The lowest BCUT2D eigenvalue weighted by atomic mass is 9.89. The Bertz CT molecular complexity index is 1040. The van der Waals surface area contributed by atoms with Gasteiger partial charge >= 0.3 is 0 Å². The Morgan fingerprint density at radius 1 is 1.24 bits per heavy atom. The largest absolute Gasteiger partial charge is 0.317 e. The molecule has 0 saturated carbocycles. The second-order valence-electron chi connectivity index (χ2n) is 7.55. The molecule has 150 valence electrons. The Kier molecular flexibility index (Phi) is 6.62. The van der Waals surface area contributed by atoms with Crippen molar-refractivity contribution in [3.8, 4) is 12.1 Å². The number of carbonyl (C=O) groups excluding carboxylic acids is 1. The average molecular weight is 425 g/mol. The number of aromatic nitrogens is 1. The van der Waals surface area contributed by atoms with Crippen molar-refractivity contribution >= 4 is 34.0 Å². The summed E-state index contributed by atoms with van der Waals surface area (Å²) in [6.07, 6.45) is 3.28. The van der Waals surface area contributed by atoms with E-state index in [2.05, 4.69) is 29.4 Å². The highest BCUT2D eigenvalue weighted by Gasteiger charge is 2.24. The van der Waals surface area contributed by atoms with E-state index in [0.29, 0.717) is 39.2 Å². The lowest BCUT2D eigenvalue weighted by Crippen LogP contribution is -2.12. The molecule has 0 saturated heterocycles. The minimum atomic E-state index is -0.111. The highest BCUT2D eigenvalue weighted by molar-refractivity contribution is 7.99. The van der Waals surface area contributed by atoms with E-state index in [0.717, 1.165) is 41.6 Å². The van der Waals surface area contributed by atoms with Gasteiger partial charge in [-0.15, -0.1) is 23.1 Å².